The minimum atomic E-state index is -3.52. The molecule has 21 heavy (non-hydrogen) atoms. The Morgan fingerprint density at radius 1 is 1.24 bits per heavy atom. The van der Waals surface area contributed by atoms with Gasteiger partial charge >= 0.3 is 0 Å². The summed E-state index contributed by atoms with van der Waals surface area (Å²) in [6.07, 6.45) is 0. The first-order valence-electron chi connectivity index (χ1n) is 6.31. The van der Waals surface area contributed by atoms with E-state index in [0.29, 0.717) is 28.9 Å². The molecule has 0 spiro atoms. The van der Waals surface area contributed by atoms with Crippen LogP contribution in [-0.2, 0) is 14.8 Å². The van der Waals surface area contributed by atoms with Crippen LogP contribution >= 0.6 is 11.3 Å². The smallest absolute Gasteiger partial charge is 0.271 e. The maximum atomic E-state index is 12.2. The van der Waals surface area contributed by atoms with E-state index in [4.69, 9.17) is 9.47 Å². The van der Waals surface area contributed by atoms with Gasteiger partial charge in [-0.2, -0.15) is 0 Å². The Kier molecular flexibility index (Phi) is 5.22. The van der Waals surface area contributed by atoms with Crippen LogP contribution in [0.4, 0.5) is 5.69 Å². The molecule has 0 bridgehead atoms. The predicted molar refractivity (Wildman–Crippen MR) is 83.7 cm³/mol. The van der Waals surface area contributed by atoms with E-state index in [1.165, 1.54) is 11.3 Å². The second-order valence-corrected chi connectivity index (χ2v) is 7.21. The molecular weight excluding hydrogens is 310 g/mol. The number of hydrogen-bond acceptors (Lipinski definition) is 5. The molecule has 0 aliphatic rings. The first-order chi connectivity index (χ1) is 10.0. The van der Waals surface area contributed by atoms with Gasteiger partial charge in [0.05, 0.1) is 12.3 Å². The number of rotatable bonds is 7. The molecule has 0 saturated heterocycles. The van der Waals surface area contributed by atoms with Crippen molar-refractivity contribution in [3.05, 3.63) is 41.3 Å². The average molecular weight is 327 g/mol. The van der Waals surface area contributed by atoms with Gasteiger partial charge in [0, 0.05) is 7.11 Å². The molecule has 0 saturated carbocycles. The number of anilines is 1. The lowest BCUT2D eigenvalue weighted by atomic mass is 10.2. The number of thiophene rings is 1. The van der Waals surface area contributed by atoms with Crippen molar-refractivity contribution in [2.75, 3.05) is 25.0 Å². The van der Waals surface area contributed by atoms with Crippen molar-refractivity contribution >= 4 is 27.0 Å². The summed E-state index contributed by atoms with van der Waals surface area (Å²) in [7, 11) is -1.91. The summed E-state index contributed by atoms with van der Waals surface area (Å²) in [6.45, 7) is 2.79. The zero-order valence-corrected chi connectivity index (χ0v) is 13.5. The summed E-state index contributed by atoms with van der Waals surface area (Å²) >= 11 is 1.18. The molecule has 1 heterocycles. The quantitative estimate of drug-likeness (QED) is 0.794. The Balaban J connectivity index is 2.11. The van der Waals surface area contributed by atoms with E-state index in [2.05, 4.69) is 4.72 Å². The third-order valence-electron chi connectivity index (χ3n) is 2.76. The monoisotopic (exact) mass is 327 g/mol. The van der Waals surface area contributed by atoms with Gasteiger partial charge in [0.1, 0.15) is 16.6 Å². The maximum Gasteiger partial charge on any atom is 0.271 e. The molecule has 0 aliphatic carbocycles. The lowest BCUT2D eigenvalue weighted by molar-refractivity contribution is 0.146. The second-order valence-electron chi connectivity index (χ2n) is 4.36. The zero-order valence-electron chi connectivity index (χ0n) is 11.8. The molecule has 2 aromatic rings. The third-order valence-corrected chi connectivity index (χ3v) is 5.52. The first-order valence-corrected chi connectivity index (χ1v) is 8.68. The molecule has 1 aromatic heterocycles. The predicted octanol–water partition coefficient (Wildman–Crippen LogP) is 2.88. The summed E-state index contributed by atoms with van der Waals surface area (Å²) in [5, 5.41) is 1.73. The Hall–Kier alpha value is -1.57. The number of methoxy groups -OCH3 is 1. The molecule has 0 atom stereocenters. The van der Waals surface area contributed by atoms with Crippen LogP contribution in [0.15, 0.2) is 39.9 Å². The van der Waals surface area contributed by atoms with E-state index in [0.717, 1.165) is 5.56 Å². The van der Waals surface area contributed by atoms with Gasteiger partial charge in [-0.25, -0.2) is 8.42 Å². The highest BCUT2D eigenvalue weighted by atomic mass is 32.2. The number of sulfonamides is 1. The highest BCUT2D eigenvalue weighted by Gasteiger charge is 2.16. The lowest BCUT2D eigenvalue weighted by Crippen LogP contribution is -2.12. The summed E-state index contributed by atoms with van der Waals surface area (Å²) < 4.78 is 37.6. The van der Waals surface area contributed by atoms with Gasteiger partial charge in [0.15, 0.2) is 0 Å². The van der Waals surface area contributed by atoms with Crippen LogP contribution in [0.25, 0.3) is 0 Å². The van der Waals surface area contributed by atoms with Crippen LogP contribution in [0.3, 0.4) is 0 Å². The van der Waals surface area contributed by atoms with Gasteiger partial charge in [0.25, 0.3) is 10.0 Å². The summed E-state index contributed by atoms with van der Waals surface area (Å²) in [5.41, 5.74) is 1.34. The van der Waals surface area contributed by atoms with Crippen molar-refractivity contribution in [1.29, 1.82) is 0 Å². The molecule has 2 rings (SSSR count). The van der Waals surface area contributed by atoms with E-state index in [1.807, 2.05) is 6.92 Å². The van der Waals surface area contributed by atoms with Crippen molar-refractivity contribution in [3.8, 4) is 5.75 Å². The van der Waals surface area contributed by atoms with E-state index in [-0.39, 0.29) is 0 Å². The third kappa shape index (κ3) is 4.20. The molecule has 1 N–H and O–H groups in total. The van der Waals surface area contributed by atoms with Gasteiger partial charge in [-0.15, -0.1) is 11.3 Å². The largest absolute Gasteiger partial charge is 0.491 e. The molecule has 114 valence electrons. The molecule has 7 heteroatoms. The highest BCUT2D eigenvalue weighted by molar-refractivity contribution is 7.94. The lowest BCUT2D eigenvalue weighted by Gasteiger charge is -2.11. The van der Waals surface area contributed by atoms with Crippen molar-refractivity contribution in [2.45, 2.75) is 11.1 Å². The Morgan fingerprint density at radius 2 is 2.05 bits per heavy atom. The minimum Gasteiger partial charge on any atom is -0.491 e. The Labute approximate surface area is 128 Å². The Morgan fingerprint density at radius 3 is 2.67 bits per heavy atom. The van der Waals surface area contributed by atoms with Crippen LogP contribution in [0.2, 0.25) is 0 Å². The summed E-state index contributed by atoms with van der Waals surface area (Å²) in [6, 6.07) is 8.50. The van der Waals surface area contributed by atoms with Crippen molar-refractivity contribution in [2.24, 2.45) is 0 Å². The SMILES string of the molecule is COCCOc1ccc(NS(=O)(=O)c2cccs2)c(C)c1. The molecule has 0 radical (unpaired) electrons. The fourth-order valence-electron chi connectivity index (χ4n) is 1.69. The molecule has 0 amide bonds. The number of nitrogens with one attached hydrogen (secondary N) is 1. The molecular formula is C14H17NO4S2. The standard InChI is InChI=1S/C14H17NO4S2/c1-11-10-12(19-8-7-18-2)5-6-13(11)15-21(16,17)14-4-3-9-20-14/h3-6,9-10,15H,7-8H2,1-2H3. The molecule has 0 aliphatic heterocycles. The maximum absolute atomic E-state index is 12.2. The van der Waals surface area contributed by atoms with E-state index in [1.54, 1.807) is 42.8 Å². The number of hydrogen-bond donors (Lipinski definition) is 1. The van der Waals surface area contributed by atoms with Crippen LogP contribution < -0.4 is 9.46 Å². The van der Waals surface area contributed by atoms with Crippen LogP contribution in [0.5, 0.6) is 5.75 Å². The van der Waals surface area contributed by atoms with Gasteiger partial charge in [0.2, 0.25) is 0 Å². The zero-order chi connectivity index (χ0) is 15.3. The second kappa shape index (κ2) is 6.93. The summed E-state index contributed by atoms with van der Waals surface area (Å²) in [4.78, 5) is 0. The van der Waals surface area contributed by atoms with Gasteiger partial charge in [-0.05, 0) is 42.1 Å². The Bertz CT molecular complexity index is 681. The molecule has 5 nitrogen and oxygen atoms in total. The van der Waals surface area contributed by atoms with E-state index < -0.39 is 10.0 Å². The van der Waals surface area contributed by atoms with Gasteiger partial charge in [-0.3, -0.25) is 4.72 Å². The summed E-state index contributed by atoms with van der Waals surface area (Å²) in [5.74, 6) is 0.684. The fraction of sp³-hybridized carbons (Fsp3) is 0.286. The van der Waals surface area contributed by atoms with E-state index >= 15 is 0 Å². The number of aryl methyl sites for hydroxylation is 1. The molecule has 0 unspecified atom stereocenters. The van der Waals surface area contributed by atoms with Crippen LogP contribution in [0.1, 0.15) is 5.56 Å². The first kappa shape index (κ1) is 15.8. The highest BCUT2D eigenvalue weighted by Crippen LogP contribution is 2.25. The van der Waals surface area contributed by atoms with Gasteiger partial charge < -0.3 is 9.47 Å². The fourth-order valence-corrected chi connectivity index (χ4v) is 3.82. The van der Waals surface area contributed by atoms with Crippen molar-refractivity contribution < 1.29 is 17.9 Å². The van der Waals surface area contributed by atoms with Crippen molar-refractivity contribution in [3.63, 3.8) is 0 Å². The van der Waals surface area contributed by atoms with E-state index in [9.17, 15) is 8.42 Å². The average Bonchev–Trinajstić information content (AvgIpc) is 2.97. The topological polar surface area (TPSA) is 64.6 Å². The molecule has 1 aromatic carbocycles. The molecule has 0 fully saturated rings. The van der Waals surface area contributed by atoms with Crippen LogP contribution in [-0.4, -0.2) is 28.7 Å². The minimum absolute atomic E-state index is 0.294. The van der Waals surface area contributed by atoms with Gasteiger partial charge in [-0.1, -0.05) is 6.07 Å². The number of benzene rings is 1. The van der Waals surface area contributed by atoms with Crippen LogP contribution in [0, 0.1) is 6.92 Å². The number of ether oxygens (including phenoxy) is 2. The normalized spacial score (nSPS) is 11.3. The van der Waals surface area contributed by atoms with Crippen molar-refractivity contribution in [1.82, 2.24) is 0 Å².